The predicted octanol–water partition coefficient (Wildman–Crippen LogP) is 6.02. The van der Waals surface area contributed by atoms with Crippen molar-refractivity contribution in [3.8, 4) is 0 Å². The minimum absolute atomic E-state index is 0.00285. The van der Waals surface area contributed by atoms with Crippen molar-refractivity contribution in [3.63, 3.8) is 0 Å². The summed E-state index contributed by atoms with van der Waals surface area (Å²) in [7, 11) is 0. The summed E-state index contributed by atoms with van der Waals surface area (Å²) in [5, 5.41) is 20.8. The zero-order chi connectivity index (χ0) is 24.2. The molecule has 5 rings (SSSR count). The van der Waals surface area contributed by atoms with Crippen LogP contribution in [0.25, 0.3) is 0 Å². The van der Waals surface area contributed by atoms with E-state index >= 15 is 0 Å². The number of rotatable bonds is 1. The van der Waals surface area contributed by atoms with Gasteiger partial charge in [-0.15, -0.1) is 0 Å². The molecule has 4 nitrogen and oxygen atoms in total. The molecule has 0 radical (unpaired) electrons. The van der Waals surface area contributed by atoms with Crippen LogP contribution in [0.5, 0.6) is 0 Å². The lowest BCUT2D eigenvalue weighted by Gasteiger charge is -2.67. The van der Waals surface area contributed by atoms with Gasteiger partial charge in [-0.3, -0.25) is 9.59 Å². The van der Waals surface area contributed by atoms with Crippen molar-refractivity contribution in [1.82, 2.24) is 0 Å². The number of aliphatic hydroxyl groups is 1. The van der Waals surface area contributed by atoms with Gasteiger partial charge in [-0.05, 0) is 110 Å². The number of hydrogen-bond donors (Lipinski definition) is 2. The first-order valence-corrected chi connectivity index (χ1v) is 13.4. The summed E-state index contributed by atoms with van der Waals surface area (Å²) >= 11 is 0. The van der Waals surface area contributed by atoms with Crippen LogP contribution < -0.4 is 0 Å². The summed E-state index contributed by atoms with van der Waals surface area (Å²) in [6, 6.07) is 0. The van der Waals surface area contributed by atoms with Gasteiger partial charge in [0, 0.05) is 5.92 Å². The zero-order valence-electron chi connectivity index (χ0n) is 21.5. The molecule has 184 valence electrons. The fraction of sp³-hybridized carbons (Fsp3) is 0.862. The Balaban J connectivity index is 1.57. The van der Waals surface area contributed by atoms with Gasteiger partial charge in [-0.25, -0.2) is 0 Å². The molecule has 0 saturated heterocycles. The van der Waals surface area contributed by atoms with Gasteiger partial charge in [0.15, 0.2) is 5.78 Å². The normalized spacial score (nSPS) is 53.1. The van der Waals surface area contributed by atoms with Crippen LogP contribution in [0.1, 0.15) is 99.3 Å². The average molecular weight is 457 g/mol. The first-order chi connectivity index (χ1) is 15.2. The highest BCUT2D eigenvalue weighted by Gasteiger charge is 2.67. The number of fused-ring (bicyclic) bond motifs is 7. The zero-order valence-corrected chi connectivity index (χ0v) is 21.5. The van der Waals surface area contributed by atoms with Gasteiger partial charge in [-0.2, -0.15) is 0 Å². The van der Waals surface area contributed by atoms with Crippen LogP contribution in [0.4, 0.5) is 0 Å². The van der Waals surface area contributed by atoms with Crippen LogP contribution in [0.15, 0.2) is 11.6 Å². The Morgan fingerprint density at radius 2 is 1.55 bits per heavy atom. The molecule has 0 heterocycles. The van der Waals surface area contributed by atoms with Crippen molar-refractivity contribution >= 4 is 11.8 Å². The Morgan fingerprint density at radius 1 is 0.879 bits per heavy atom. The number of allylic oxidation sites excluding steroid dienone is 2. The SMILES string of the molecule is CC1(C(=O)O)CCC2(C)CCC3C(=CC(=O)C4[C@@]3(C)CCC3C(C)(C)[C@@H](O)CC[C@@]34C)C2C1. The number of ketones is 1. The summed E-state index contributed by atoms with van der Waals surface area (Å²) in [5.74, 6) is 0.530. The van der Waals surface area contributed by atoms with Crippen LogP contribution in [0.3, 0.4) is 0 Å². The van der Waals surface area contributed by atoms with Crippen LogP contribution in [-0.2, 0) is 9.59 Å². The first-order valence-electron chi connectivity index (χ1n) is 13.4. The highest BCUT2D eigenvalue weighted by molar-refractivity contribution is 5.95. The quantitative estimate of drug-likeness (QED) is 0.506. The van der Waals surface area contributed by atoms with Crippen molar-refractivity contribution < 1.29 is 19.8 Å². The average Bonchev–Trinajstić information content (AvgIpc) is 2.71. The third-order valence-corrected chi connectivity index (χ3v) is 12.3. The van der Waals surface area contributed by atoms with Gasteiger partial charge < -0.3 is 10.2 Å². The largest absolute Gasteiger partial charge is 0.481 e. The highest BCUT2D eigenvalue weighted by atomic mass is 16.4. The predicted molar refractivity (Wildman–Crippen MR) is 128 cm³/mol. The molecule has 4 fully saturated rings. The van der Waals surface area contributed by atoms with E-state index in [0.29, 0.717) is 18.3 Å². The highest BCUT2D eigenvalue weighted by Crippen LogP contribution is 2.71. The summed E-state index contributed by atoms with van der Waals surface area (Å²) in [6.07, 6.45) is 10.1. The van der Waals surface area contributed by atoms with E-state index in [2.05, 4.69) is 34.6 Å². The molecule has 0 bridgehead atoms. The molecule has 0 aromatic rings. The Bertz CT molecular complexity index is 919. The molecule has 5 aliphatic carbocycles. The Labute approximate surface area is 199 Å². The Hall–Kier alpha value is -1.16. The molecule has 0 spiro atoms. The van der Waals surface area contributed by atoms with Gasteiger partial charge in [-0.1, -0.05) is 40.2 Å². The number of carboxylic acids is 1. The number of carboxylic acid groups (broad SMARTS) is 1. The van der Waals surface area contributed by atoms with Gasteiger partial charge >= 0.3 is 5.97 Å². The van der Waals surface area contributed by atoms with Crippen molar-refractivity contribution in [2.24, 2.45) is 50.7 Å². The number of carbonyl (C=O) groups is 2. The van der Waals surface area contributed by atoms with Crippen LogP contribution in [0.2, 0.25) is 0 Å². The summed E-state index contributed by atoms with van der Waals surface area (Å²) in [6.45, 7) is 13.4. The molecule has 2 N–H and O–H groups in total. The maximum atomic E-state index is 14.1. The van der Waals surface area contributed by atoms with Crippen molar-refractivity contribution in [1.29, 1.82) is 0 Å². The lowest BCUT2D eigenvalue weighted by atomic mass is 9.37. The molecular formula is C29H44O4. The number of hydrogen-bond acceptors (Lipinski definition) is 3. The fourth-order valence-corrected chi connectivity index (χ4v) is 10.1. The van der Waals surface area contributed by atoms with E-state index in [-0.39, 0.29) is 45.4 Å². The lowest BCUT2D eigenvalue weighted by molar-refractivity contribution is -0.188. The molecule has 6 unspecified atom stereocenters. The molecule has 33 heavy (non-hydrogen) atoms. The minimum Gasteiger partial charge on any atom is -0.481 e. The molecule has 9 atom stereocenters. The van der Waals surface area contributed by atoms with Crippen molar-refractivity contribution in [2.45, 2.75) is 105 Å². The van der Waals surface area contributed by atoms with Gasteiger partial charge in [0.05, 0.1) is 11.5 Å². The molecule has 0 amide bonds. The van der Waals surface area contributed by atoms with E-state index in [1.807, 2.05) is 13.0 Å². The third kappa shape index (κ3) is 2.98. The van der Waals surface area contributed by atoms with E-state index in [1.165, 1.54) is 5.57 Å². The van der Waals surface area contributed by atoms with Crippen molar-refractivity contribution in [2.75, 3.05) is 0 Å². The summed E-state index contributed by atoms with van der Waals surface area (Å²) in [4.78, 5) is 26.2. The van der Waals surface area contributed by atoms with Gasteiger partial charge in [0.25, 0.3) is 0 Å². The van der Waals surface area contributed by atoms with Gasteiger partial charge in [0.2, 0.25) is 0 Å². The first kappa shape index (κ1) is 23.6. The summed E-state index contributed by atoms with van der Waals surface area (Å²) < 4.78 is 0. The topological polar surface area (TPSA) is 74.6 Å². The van der Waals surface area contributed by atoms with E-state index in [9.17, 15) is 19.8 Å². The molecule has 0 aromatic carbocycles. The third-order valence-electron chi connectivity index (χ3n) is 12.3. The fourth-order valence-electron chi connectivity index (χ4n) is 10.1. The molecule has 0 aliphatic heterocycles. The molecule has 4 heteroatoms. The Morgan fingerprint density at radius 3 is 2.21 bits per heavy atom. The second kappa shape index (κ2) is 6.95. The Kier molecular flexibility index (Phi) is 4.97. The van der Waals surface area contributed by atoms with E-state index < -0.39 is 11.4 Å². The second-order valence-electron chi connectivity index (χ2n) is 14.3. The monoisotopic (exact) mass is 456 g/mol. The number of aliphatic hydroxyl groups excluding tert-OH is 1. The summed E-state index contributed by atoms with van der Waals surface area (Å²) in [5.41, 5.74) is 0.383. The number of carbonyl (C=O) groups excluding carboxylic acids is 1. The van der Waals surface area contributed by atoms with E-state index in [1.54, 1.807) is 0 Å². The molecular weight excluding hydrogens is 412 g/mol. The van der Waals surface area contributed by atoms with Crippen LogP contribution in [-0.4, -0.2) is 28.1 Å². The van der Waals surface area contributed by atoms with Crippen LogP contribution >= 0.6 is 0 Å². The molecule has 0 aromatic heterocycles. The maximum Gasteiger partial charge on any atom is 0.309 e. The molecule has 4 saturated carbocycles. The van der Waals surface area contributed by atoms with E-state index in [0.717, 1.165) is 51.4 Å². The van der Waals surface area contributed by atoms with Crippen molar-refractivity contribution in [3.05, 3.63) is 11.6 Å². The smallest absolute Gasteiger partial charge is 0.309 e. The number of aliphatic carboxylic acids is 1. The lowest BCUT2D eigenvalue weighted by Crippen LogP contribution is -2.64. The standard InChI is InChI=1S/C29H44O4/c1-25(2)21-8-11-28(5)18-7-10-26(3)13-14-27(4,24(32)33)16-19(26)17(18)15-20(30)23(28)29(21,6)12-9-22(25)31/h15,18-19,21-23,31H,7-14,16H2,1-6H3,(H,32,33)/t18?,19?,21?,22-,23?,26?,27?,28-,29-/m0/s1. The molecule has 5 aliphatic rings. The van der Waals surface area contributed by atoms with Gasteiger partial charge in [0.1, 0.15) is 0 Å². The van der Waals surface area contributed by atoms with Crippen LogP contribution in [0, 0.1) is 50.7 Å². The maximum absolute atomic E-state index is 14.1. The second-order valence-corrected chi connectivity index (χ2v) is 14.3. The minimum atomic E-state index is -0.694. The van der Waals surface area contributed by atoms with E-state index in [4.69, 9.17) is 0 Å².